The Kier molecular flexibility index (Phi) is 3.61. The van der Waals surface area contributed by atoms with Gasteiger partial charge in [0.05, 0.1) is 12.1 Å². The minimum Gasteiger partial charge on any atom is -0.461 e. The number of carbonyl (C=O) groups is 1. The highest BCUT2D eigenvalue weighted by atomic mass is 16.5. The smallest absolute Gasteiger partial charge is 0.354 e. The standard InChI is InChI=1S/C20H16N2O3/c1-2-25-20(24)17-11-18(23)13-8-9-15-14(19(13)22-17)10-16(21-15)12-6-4-3-5-7-12/h3-11,21H,2H2,1H3,(H,22,23). The van der Waals surface area contributed by atoms with E-state index in [9.17, 15) is 9.59 Å². The molecule has 5 nitrogen and oxygen atoms in total. The second-order valence-corrected chi connectivity index (χ2v) is 5.77. The number of nitrogens with one attached hydrogen (secondary N) is 2. The predicted molar refractivity (Wildman–Crippen MR) is 97.8 cm³/mol. The number of aromatic amines is 2. The van der Waals surface area contributed by atoms with Gasteiger partial charge in [-0.05, 0) is 30.7 Å². The molecular weight excluding hydrogens is 316 g/mol. The minimum absolute atomic E-state index is 0.161. The van der Waals surface area contributed by atoms with Crippen LogP contribution in [0.5, 0.6) is 0 Å². The summed E-state index contributed by atoms with van der Waals surface area (Å²) < 4.78 is 5.00. The fourth-order valence-corrected chi connectivity index (χ4v) is 3.02. The van der Waals surface area contributed by atoms with Gasteiger partial charge in [-0.25, -0.2) is 4.79 Å². The van der Waals surface area contributed by atoms with E-state index in [1.165, 1.54) is 6.07 Å². The number of aromatic nitrogens is 2. The van der Waals surface area contributed by atoms with Crippen molar-refractivity contribution in [2.45, 2.75) is 6.92 Å². The lowest BCUT2D eigenvalue weighted by atomic mass is 10.1. The lowest BCUT2D eigenvalue weighted by Crippen LogP contribution is -2.12. The molecule has 5 heteroatoms. The molecule has 4 aromatic rings. The van der Waals surface area contributed by atoms with Crippen LogP contribution >= 0.6 is 0 Å². The molecule has 2 aromatic heterocycles. The summed E-state index contributed by atoms with van der Waals surface area (Å²) in [6.45, 7) is 1.99. The monoisotopic (exact) mass is 332 g/mol. The molecular formula is C20H16N2O3. The largest absolute Gasteiger partial charge is 0.461 e. The van der Waals surface area contributed by atoms with Crippen LogP contribution in [0.2, 0.25) is 0 Å². The van der Waals surface area contributed by atoms with E-state index in [0.29, 0.717) is 10.9 Å². The van der Waals surface area contributed by atoms with Gasteiger partial charge >= 0.3 is 5.97 Å². The van der Waals surface area contributed by atoms with Gasteiger partial charge < -0.3 is 14.7 Å². The van der Waals surface area contributed by atoms with E-state index in [1.54, 1.807) is 13.0 Å². The van der Waals surface area contributed by atoms with Crippen molar-refractivity contribution in [1.29, 1.82) is 0 Å². The summed E-state index contributed by atoms with van der Waals surface area (Å²) >= 11 is 0. The number of hydrogen-bond acceptors (Lipinski definition) is 3. The summed E-state index contributed by atoms with van der Waals surface area (Å²) in [7, 11) is 0. The van der Waals surface area contributed by atoms with E-state index in [0.717, 1.165) is 22.2 Å². The first kappa shape index (κ1) is 15.2. The zero-order valence-electron chi connectivity index (χ0n) is 13.6. The summed E-state index contributed by atoms with van der Waals surface area (Å²) in [6.07, 6.45) is 0. The zero-order valence-corrected chi connectivity index (χ0v) is 13.6. The molecule has 0 unspecified atom stereocenters. The van der Waals surface area contributed by atoms with Gasteiger partial charge in [-0.2, -0.15) is 0 Å². The third-order valence-electron chi connectivity index (χ3n) is 4.18. The maximum atomic E-state index is 12.4. The van der Waals surface area contributed by atoms with Gasteiger partial charge in [-0.15, -0.1) is 0 Å². The summed E-state index contributed by atoms with van der Waals surface area (Å²) in [5.74, 6) is -0.530. The third kappa shape index (κ3) is 2.59. The molecule has 0 saturated carbocycles. The summed E-state index contributed by atoms with van der Waals surface area (Å²) in [5.41, 5.74) is 3.48. The van der Waals surface area contributed by atoms with Crippen LogP contribution < -0.4 is 5.43 Å². The number of pyridine rings is 1. The molecule has 0 aliphatic rings. The molecule has 0 aliphatic heterocycles. The highest BCUT2D eigenvalue weighted by Crippen LogP contribution is 2.28. The number of rotatable bonds is 3. The number of carbonyl (C=O) groups excluding carboxylic acids is 1. The molecule has 2 heterocycles. The molecule has 4 rings (SSSR count). The minimum atomic E-state index is -0.530. The van der Waals surface area contributed by atoms with Gasteiger partial charge in [0.1, 0.15) is 5.69 Å². The molecule has 2 aromatic carbocycles. The van der Waals surface area contributed by atoms with Gasteiger partial charge in [0.2, 0.25) is 0 Å². The second-order valence-electron chi connectivity index (χ2n) is 5.77. The molecule has 0 radical (unpaired) electrons. The molecule has 0 fully saturated rings. The lowest BCUT2D eigenvalue weighted by Gasteiger charge is -2.05. The average molecular weight is 332 g/mol. The van der Waals surface area contributed by atoms with Crippen LogP contribution in [0.3, 0.4) is 0 Å². The zero-order chi connectivity index (χ0) is 17.4. The van der Waals surface area contributed by atoms with Crippen molar-refractivity contribution in [2.75, 3.05) is 6.61 Å². The van der Waals surface area contributed by atoms with Crippen LogP contribution in [-0.4, -0.2) is 22.5 Å². The van der Waals surface area contributed by atoms with Crippen molar-refractivity contribution in [1.82, 2.24) is 9.97 Å². The number of hydrogen-bond donors (Lipinski definition) is 2. The highest BCUT2D eigenvalue weighted by Gasteiger charge is 2.13. The van der Waals surface area contributed by atoms with Gasteiger partial charge in [0, 0.05) is 28.0 Å². The number of esters is 1. The van der Waals surface area contributed by atoms with Crippen molar-refractivity contribution in [3.63, 3.8) is 0 Å². The van der Waals surface area contributed by atoms with E-state index in [2.05, 4.69) is 9.97 Å². The fraction of sp³-hybridized carbons (Fsp3) is 0.100. The van der Waals surface area contributed by atoms with Crippen LogP contribution in [0, 0.1) is 0 Å². The quantitative estimate of drug-likeness (QED) is 0.560. The first-order valence-corrected chi connectivity index (χ1v) is 8.08. The Bertz CT molecular complexity index is 1140. The van der Waals surface area contributed by atoms with Gasteiger partial charge in [0.15, 0.2) is 5.43 Å². The second kappa shape index (κ2) is 5.94. The summed E-state index contributed by atoms with van der Waals surface area (Å²) in [5, 5.41) is 1.40. The topological polar surface area (TPSA) is 75.0 Å². The molecule has 0 aliphatic carbocycles. The molecule has 0 saturated heterocycles. The molecule has 2 N–H and O–H groups in total. The van der Waals surface area contributed by atoms with E-state index in [4.69, 9.17) is 4.74 Å². The summed E-state index contributed by atoms with van der Waals surface area (Å²) in [4.78, 5) is 30.8. The average Bonchev–Trinajstić information content (AvgIpc) is 3.07. The summed E-state index contributed by atoms with van der Waals surface area (Å²) in [6, 6.07) is 16.8. The molecule has 124 valence electrons. The van der Waals surface area contributed by atoms with E-state index in [1.807, 2.05) is 42.5 Å². The normalized spacial score (nSPS) is 11.1. The Hall–Kier alpha value is -3.34. The van der Waals surface area contributed by atoms with E-state index < -0.39 is 5.97 Å². The van der Waals surface area contributed by atoms with Gasteiger partial charge in [-0.1, -0.05) is 30.3 Å². The van der Waals surface area contributed by atoms with Crippen molar-refractivity contribution in [3.05, 3.63) is 70.5 Å². The molecule has 25 heavy (non-hydrogen) atoms. The van der Waals surface area contributed by atoms with Crippen molar-refractivity contribution < 1.29 is 9.53 Å². The van der Waals surface area contributed by atoms with Gasteiger partial charge in [-0.3, -0.25) is 4.79 Å². The first-order chi connectivity index (χ1) is 12.2. The Labute approximate surface area is 143 Å². The Morgan fingerprint density at radius 1 is 1.00 bits per heavy atom. The molecule has 0 spiro atoms. The third-order valence-corrected chi connectivity index (χ3v) is 4.18. The number of H-pyrrole nitrogens is 2. The van der Waals surface area contributed by atoms with Crippen LogP contribution in [0.15, 0.2) is 59.4 Å². The van der Waals surface area contributed by atoms with Crippen LogP contribution in [0.1, 0.15) is 17.4 Å². The molecule has 0 bridgehead atoms. The highest BCUT2D eigenvalue weighted by molar-refractivity contribution is 6.07. The van der Waals surface area contributed by atoms with Crippen molar-refractivity contribution >= 4 is 27.8 Å². The maximum Gasteiger partial charge on any atom is 0.354 e. The van der Waals surface area contributed by atoms with E-state index in [-0.39, 0.29) is 17.7 Å². The molecule has 0 atom stereocenters. The van der Waals surface area contributed by atoms with Gasteiger partial charge in [0.25, 0.3) is 0 Å². The van der Waals surface area contributed by atoms with Crippen LogP contribution in [0.4, 0.5) is 0 Å². The number of ether oxygens (including phenoxy) is 1. The fourth-order valence-electron chi connectivity index (χ4n) is 3.02. The SMILES string of the molecule is CCOC(=O)c1cc(=O)c2ccc3[nH]c(-c4ccccc4)cc3c2[nH]1. The molecule has 0 amide bonds. The van der Waals surface area contributed by atoms with Crippen LogP contribution in [0.25, 0.3) is 33.1 Å². The van der Waals surface area contributed by atoms with Crippen LogP contribution in [-0.2, 0) is 4.74 Å². The Morgan fingerprint density at radius 3 is 2.56 bits per heavy atom. The first-order valence-electron chi connectivity index (χ1n) is 8.08. The number of benzene rings is 2. The number of fused-ring (bicyclic) bond motifs is 3. The lowest BCUT2D eigenvalue weighted by molar-refractivity contribution is 0.0520. The Morgan fingerprint density at radius 2 is 1.80 bits per heavy atom. The maximum absolute atomic E-state index is 12.4. The predicted octanol–water partition coefficient (Wildman–Crippen LogP) is 3.85. The van der Waals surface area contributed by atoms with Crippen molar-refractivity contribution in [3.8, 4) is 11.3 Å². The van der Waals surface area contributed by atoms with Crippen molar-refractivity contribution in [2.24, 2.45) is 0 Å². The Balaban J connectivity index is 1.97. The van der Waals surface area contributed by atoms with E-state index >= 15 is 0 Å².